The smallest absolute Gasteiger partial charge is 0.252 e. The molecule has 0 bridgehead atoms. The number of rotatable bonds is 4. The summed E-state index contributed by atoms with van der Waals surface area (Å²) >= 11 is 3.35. The van der Waals surface area contributed by atoms with E-state index in [1.54, 1.807) is 18.2 Å². The quantitative estimate of drug-likeness (QED) is 0.839. The van der Waals surface area contributed by atoms with Crippen LogP contribution in [0.3, 0.4) is 0 Å². The first-order valence-electron chi connectivity index (χ1n) is 6.11. The molecule has 1 heterocycles. The van der Waals surface area contributed by atoms with E-state index in [1.807, 2.05) is 0 Å². The van der Waals surface area contributed by atoms with Gasteiger partial charge in [0.25, 0.3) is 5.91 Å². The first kappa shape index (κ1) is 13.4. The van der Waals surface area contributed by atoms with Crippen LogP contribution in [0.25, 0.3) is 0 Å². The van der Waals surface area contributed by atoms with E-state index in [0.29, 0.717) is 23.9 Å². The van der Waals surface area contributed by atoms with Crippen molar-refractivity contribution in [1.82, 2.24) is 5.32 Å². The lowest BCUT2D eigenvalue weighted by Gasteiger charge is -2.11. The number of hydrogen-bond acceptors (Lipinski definition) is 3. The molecule has 1 aliphatic rings. The first-order valence-corrected chi connectivity index (χ1v) is 6.91. The molecule has 98 valence electrons. The number of nitrogens with one attached hydrogen (secondary N) is 1. The molecule has 0 saturated carbocycles. The highest BCUT2D eigenvalue weighted by Gasteiger charge is 2.16. The number of carbonyl (C=O) groups is 1. The first-order chi connectivity index (χ1) is 8.66. The molecular formula is C13H17BrN2O2. The molecule has 1 saturated heterocycles. The number of nitrogens with two attached hydrogens (primary N) is 1. The molecule has 5 heteroatoms. The van der Waals surface area contributed by atoms with Crippen molar-refractivity contribution in [1.29, 1.82) is 0 Å². The fraction of sp³-hybridized carbons (Fsp3) is 0.462. The zero-order valence-electron chi connectivity index (χ0n) is 10.1. The monoisotopic (exact) mass is 312 g/mol. The molecule has 0 spiro atoms. The third-order valence-corrected chi connectivity index (χ3v) is 3.70. The van der Waals surface area contributed by atoms with Crippen LogP contribution in [0.15, 0.2) is 22.7 Å². The van der Waals surface area contributed by atoms with Gasteiger partial charge in [-0.1, -0.05) is 0 Å². The van der Waals surface area contributed by atoms with Crippen LogP contribution in [0.4, 0.5) is 5.69 Å². The topological polar surface area (TPSA) is 64.4 Å². The van der Waals surface area contributed by atoms with Gasteiger partial charge in [0.15, 0.2) is 0 Å². The van der Waals surface area contributed by atoms with Crippen LogP contribution in [-0.4, -0.2) is 25.2 Å². The molecular weight excluding hydrogens is 296 g/mol. The van der Waals surface area contributed by atoms with Gasteiger partial charge >= 0.3 is 0 Å². The number of benzene rings is 1. The second-order valence-electron chi connectivity index (χ2n) is 4.42. The summed E-state index contributed by atoms with van der Waals surface area (Å²) in [5.41, 5.74) is 6.83. The Morgan fingerprint density at radius 1 is 1.56 bits per heavy atom. The third-order valence-electron chi connectivity index (χ3n) is 3.01. The average molecular weight is 313 g/mol. The molecule has 18 heavy (non-hydrogen) atoms. The second kappa shape index (κ2) is 6.20. The van der Waals surface area contributed by atoms with Crippen molar-refractivity contribution in [2.45, 2.75) is 25.4 Å². The lowest BCUT2D eigenvalue weighted by molar-refractivity contribution is 0.0906. The van der Waals surface area contributed by atoms with Crippen molar-refractivity contribution in [2.24, 2.45) is 0 Å². The molecule has 1 amide bonds. The summed E-state index contributed by atoms with van der Waals surface area (Å²) in [6, 6.07) is 5.21. The van der Waals surface area contributed by atoms with Crippen molar-refractivity contribution < 1.29 is 9.53 Å². The van der Waals surface area contributed by atoms with Crippen LogP contribution in [0.5, 0.6) is 0 Å². The number of hydrogen-bond donors (Lipinski definition) is 2. The van der Waals surface area contributed by atoms with Gasteiger partial charge in [-0.05, 0) is 53.4 Å². The van der Waals surface area contributed by atoms with E-state index in [-0.39, 0.29) is 5.91 Å². The minimum Gasteiger partial charge on any atom is -0.399 e. The van der Waals surface area contributed by atoms with Gasteiger partial charge in [0.05, 0.1) is 11.7 Å². The molecule has 1 unspecified atom stereocenters. The molecule has 0 radical (unpaired) electrons. The number of halogens is 1. The number of anilines is 1. The zero-order chi connectivity index (χ0) is 13.0. The van der Waals surface area contributed by atoms with Crippen LogP contribution >= 0.6 is 15.9 Å². The number of nitrogen functional groups attached to an aromatic ring is 1. The summed E-state index contributed by atoms with van der Waals surface area (Å²) in [5, 5.41) is 2.89. The van der Waals surface area contributed by atoms with E-state index in [1.165, 1.54) is 0 Å². The van der Waals surface area contributed by atoms with Crippen LogP contribution in [-0.2, 0) is 4.74 Å². The van der Waals surface area contributed by atoms with Gasteiger partial charge < -0.3 is 15.8 Å². The lowest BCUT2D eigenvalue weighted by Crippen LogP contribution is -2.27. The zero-order valence-corrected chi connectivity index (χ0v) is 11.7. The highest BCUT2D eigenvalue weighted by atomic mass is 79.9. The van der Waals surface area contributed by atoms with Gasteiger partial charge in [0.2, 0.25) is 0 Å². The predicted molar refractivity (Wildman–Crippen MR) is 74.5 cm³/mol. The van der Waals surface area contributed by atoms with E-state index in [0.717, 1.165) is 30.3 Å². The van der Waals surface area contributed by atoms with Crippen LogP contribution in [0.2, 0.25) is 0 Å². The summed E-state index contributed by atoms with van der Waals surface area (Å²) < 4.78 is 6.26. The summed E-state index contributed by atoms with van der Waals surface area (Å²) in [7, 11) is 0. The fourth-order valence-corrected chi connectivity index (χ4v) is 2.46. The Kier molecular flexibility index (Phi) is 4.60. The molecule has 1 aromatic rings. The summed E-state index contributed by atoms with van der Waals surface area (Å²) in [6.45, 7) is 1.48. The average Bonchev–Trinajstić information content (AvgIpc) is 2.85. The molecule has 0 aliphatic carbocycles. The van der Waals surface area contributed by atoms with Gasteiger partial charge in [0, 0.05) is 23.3 Å². The molecule has 3 N–H and O–H groups in total. The second-order valence-corrected chi connectivity index (χ2v) is 5.27. The summed E-state index contributed by atoms with van der Waals surface area (Å²) in [4.78, 5) is 12.0. The number of ether oxygens (including phenoxy) is 1. The Morgan fingerprint density at radius 3 is 3.11 bits per heavy atom. The molecule has 4 nitrogen and oxygen atoms in total. The third kappa shape index (κ3) is 3.46. The van der Waals surface area contributed by atoms with E-state index in [2.05, 4.69) is 21.2 Å². The minimum absolute atomic E-state index is 0.104. The van der Waals surface area contributed by atoms with Crippen LogP contribution in [0, 0.1) is 0 Å². The largest absolute Gasteiger partial charge is 0.399 e. The number of amides is 1. The highest BCUT2D eigenvalue weighted by Crippen LogP contribution is 2.19. The molecule has 1 fully saturated rings. The van der Waals surface area contributed by atoms with Crippen molar-refractivity contribution >= 4 is 27.5 Å². The molecule has 1 aromatic carbocycles. The van der Waals surface area contributed by atoms with Crippen molar-refractivity contribution in [3.05, 3.63) is 28.2 Å². The molecule has 0 aromatic heterocycles. The Labute approximate surface area is 115 Å². The Bertz CT molecular complexity index is 431. The van der Waals surface area contributed by atoms with Gasteiger partial charge in [0.1, 0.15) is 0 Å². The SMILES string of the molecule is Nc1ccc(Br)c(C(=O)NCCC2CCCO2)c1. The van der Waals surface area contributed by atoms with Crippen molar-refractivity contribution in [3.63, 3.8) is 0 Å². The normalized spacial score (nSPS) is 18.8. The minimum atomic E-state index is -0.104. The van der Waals surface area contributed by atoms with Crippen LogP contribution in [0.1, 0.15) is 29.6 Å². The maximum absolute atomic E-state index is 12.0. The van der Waals surface area contributed by atoms with Crippen LogP contribution < -0.4 is 11.1 Å². The maximum Gasteiger partial charge on any atom is 0.252 e. The summed E-state index contributed by atoms with van der Waals surface area (Å²) in [6.07, 6.45) is 3.39. The van der Waals surface area contributed by atoms with Crippen molar-refractivity contribution in [3.8, 4) is 0 Å². The highest BCUT2D eigenvalue weighted by molar-refractivity contribution is 9.10. The van der Waals surface area contributed by atoms with Gasteiger partial charge in [-0.2, -0.15) is 0 Å². The van der Waals surface area contributed by atoms with E-state index >= 15 is 0 Å². The Balaban J connectivity index is 1.85. The van der Waals surface area contributed by atoms with Crippen molar-refractivity contribution in [2.75, 3.05) is 18.9 Å². The Morgan fingerprint density at radius 2 is 2.39 bits per heavy atom. The summed E-state index contributed by atoms with van der Waals surface area (Å²) in [5.74, 6) is -0.104. The lowest BCUT2D eigenvalue weighted by atomic mass is 10.1. The maximum atomic E-state index is 12.0. The molecule has 2 rings (SSSR count). The number of carbonyl (C=O) groups excluding carboxylic acids is 1. The molecule has 1 aliphatic heterocycles. The fourth-order valence-electron chi connectivity index (χ4n) is 2.03. The van der Waals surface area contributed by atoms with E-state index in [4.69, 9.17) is 10.5 Å². The molecule has 1 atom stereocenters. The predicted octanol–water partition coefficient (Wildman–Crippen LogP) is 2.33. The van der Waals surface area contributed by atoms with Gasteiger partial charge in [-0.3, -0.25) is 4.79 Å². The standard InChI is InChI=1S/C13H17BrN2O2/c14-12-4-3-9(15)8-11(12)13(17)16-6-5-10-2-1-7-18-10/h3-4,8,10H,1-2,5-7,15H2,(H,16,17). The Hall–Kier alpha value is -1.07. The van der Waals surface area contributed by atoms with Gasteiger partial charge in [-0.15, -0.1) is 0 Å². The van der Waals surface area contributed by atoms with Gasteiger partial charge in [-0.25, -0.2) is 0 Å². The van der Waals surface area contributed by atoms with E-state index in [9.17, 15) is 4.79 Å². The van der Waals surface area contributed by atoms with E-state index < -0.39 is 0 Å².